The summed E-state index contributed by atoms with van der Waals surface area (Å²) in [4.78, 5) is 31.8. The number of halogens is 3. The van der Waals surface area contributed by atoms with Crippen LogP contribution in [0.4, 0.5) is 24.7 Å². The highest BCUT2D eigenvalue weighted by Crippen LogP contribution is 2.30. The highest BCUT2D eigenvalue weighted by Gasteiger charge is 2.30. The first-order valence-corrected chi connectivity index (χ1v) is 13.9. The van der Waals surface area contributed by atoms with Crippen LogP contribution in [0.2, 0.25) is 0 Å². The molecule has 5 rings (SSSR count). The van der Waals surface area contributed by atoms with Crippen LogP contribution in [0.15, 0.2) is 79.1 Å². The number of rotatable bonds is 9. The van der Waals surface area contributed by atoms with Crippen LogP contribution in [0.5, 0.6) is 0 Å². The number of pyridine rings is 1. The Morgan fingerprint density at radius 3 is 2.51 bits per heavy atom. The van der Waals surface area contributed by atoms with Gasteiger partial charge in [-0.2, -0.15) is 13.2 Å². The van der Waals surface area contributed by atoms with E-state index in [2.05, 4.69) is 30.8 Å². The highest BCUT2D eigenvalue weighted by molar-refractivity contribution is 6.05. The van der Waals surface area contributed by atoms with Crippen LogP contribution in [0.3, 0.4) is 0 Å². The van der Waals surface area contributed by atoms with Crippen molar-refractivity contribution >= 4 is 29.4 Å². The molecule has 0 unspecified atom stereocenters. The Balaban J connectivity index is 1.13. The second kappa shape index (κ2) is 13.4. The number of aromatic nitrogens is 4. The summed E-state index contributed by atoms with van der Waals surface area (Å²) >= 11 is 0. The standard InChI is InChI=1S/C31H30F3N7O2/c32-31(33,34)25-8-5-9-26(19-25)36-30(43)23-7-4-6-22(18-23)10-13-29(42)37-28-12-11-24(20-35-28)27-21-41(39-38-27)17-16-40-14-2-1-3-15-40/h4-13,18-21H,1-3,14-17H2,(H,36,43)(H,35,37,42). The SMILES string of the molecule is O=C(C=Cc1cccc(C(=O)Nc2cccc(C(F)(F)F)c2)c1)Nc1ccc(-c2cn(CCN3CCCCC3)nn2)cn1. The first-order valence-electron chi connectivity index (χ1n) is 13.9. The number of hydrogen-bond acceptors (Lipinski definition) is 6. The summed E-state index contributed by atoms with van der Waals surface area (Å²) in [5, 5.41) is 13.6. The number of anilines is 2. The summed E-state index contributed by atoms with van der Waals surface area (Å²) in [5.41, 5.74) is 1.41. The maximum atomic E-state index is 13.0. The van der Waals surface area contributed by atoms with E-state index < -0.39 is 23.6 Å². The minimum Gasteiger partial charge on any atom is -0.322 e. The molecule has 0 atom stereocenters. The van der Waals surface area contributed by atoms with Gasteiger partial charge in [-0.15, -0.1) is 5.10 Å². The molecule has 1 aliphatic rings. The average Bonchev–Trinajstić information content (AvgIpc) is 3.49. The molecule has 4 aromatic rings. The van der Waals surface area contributed by atoms with Gasteiger partial charge in [0.15, 0.2) is 0 Å². The molecule has 1 fully saturated rings. The van der Waals surface area contributed by atoms with E-state index in [1.54, 1.807) is 30.5 Å². The molecule has 3 heterocycles. The molecule has 2 aromatic carbocycles. The van der Waals surface area contributed by atoms with Crippen molar-refractivity contribution in [3.05, 3.63) is 95.8 Å². The summed E-state index contributed by atoms with van der Waals surface area (Å²) in [6.45, 7) is 3.97. The van der Waals surface area contributed by atoms with Crippen molar-refractivity contribution < 1.29 is 22.8 Å². The Kier molecular flexibility index (Phi) is 9.26. The lowest BCUT2D eigenvalue weighted by Gasteiger charge is -2.25. The average molecular weight is 590 g/mol. The molecule has 2 N–H and O–H groups in total. The Bertz CT molecular complexity index is 1590. The van der Waals surface area contributed by atoms with E-state index in [4.69, 9.17) is 0 Å². The normalized spacial score (nSPS) is 14.1. The van der Waals surface area contributed by atoms with Crippen molar-refractivity contribution in [2.24, 2.45) is 0 Å². The molecule has 0 saturated carbocycles. The van der Waals surface area contributed by atoms with Crippen LogP contribution in [-0.4, -0.2) is 56.3 Å². The van der Waals surface area contributed by atoms with Crippen molar-refractivity contribution in [3.8, 4) is 11.3 Å². The third-order valence-corrected chi connectivity index (χ3v) is 6.97. The minimum atomic E-state index is -4.52. The first kappa shape index (κ1) is 29.6. The van der Waals surface area contributed by atoms with Gasteiger partial charge in [0, 0.05) is 35.6 Å². The van der Waals surface area contributed by atoms with Gasteiger partial charge >= 0.3 is 6.18 Å². The molecule has 43 heavy (non-hydrogen) atoms. The number of amides is 2. The number of benzene rings is 2. The van der Waals surface area contributed by atoms with Crippen LogP contribution >= 0.6 is 0 Å². The van der Waals surface area contributed by atoms with E-state index in [0.717, 1.165) is 43.9 Å². The fourth-order valence-electron chi connectivity index (χ4n) is 4.69. The molecule has 0 spiro atoms. The van der Waals surface area contributed by atoms with E-state index in [-0.39, 0.29) is 11.3 Å². The maximum Gasteiger partial charge on any atom is 0.416 e. The zero-order chi connectivity index (χ0) is 30.2. The van der Waals surface area contributed by atoms with Crippen LogP contribution in [-0.2, 0) is 17.5 Å². The molecular weight excluding hydrogens is 559 g/mol. The number of carbonyl (C=O) groups excluding carboxylic acids is 2. The number of carbonyl (C=O) groups is 2. The fraction of sp³-hybridized carbons (Fsp3) is 0.258. The van der Waals surface area contributed by atoms with E-state index >= 15 is 0 Å². The quantitative estimate of drug-likeness (QED) is 0.241. The molecule has 222 valence electrons. The third kappa shape index (κ3) is 8.35. The molecule has 9 nitrogen and oxygen atoms in total. The summed E-state index contributed by atoms with van der Waals surface area (Å²) in [7, 11) is 0. The van der Waals surface area contributed by atoms with E-state index in [0.29, 0.717) is 17.1 Å². The second-order valence-electron chi connectivity index (χ2n) is 10.2. The minimum absolute atomic E-state index is 0.0242. The van der Waals surface area contributed by atoms with Gasteiger partial charge in [-0.1, -0.05) is 29.8 Å². The van der Waals surface area contributed by atoms with Crippen molar-refractivity contribution in [1.82, 2.24) is 24.9 Å². The molecule has 0 bridgehead atoms. The van der Waals surface area contributed by atoms with Gasteiger partial charge in [-0.05, 0) is 80.0 Å². The summed E-state index contributed by atoms with van der Waals surface area (Å²) in [6.07, 6.45) is 5.59. The van der Waals surface area contributed by atoms with Crippen molar-refractivity contribution in [1.29, 1.82) is 0 Å². The summed E-state index contributed by atoms with van der Waals surface area (Å²) in [5.74, 6) is -0.654. The fourth-order valence-corrected chi connectivity index (χ4v) is 4.69. The number of alkyl halides is 3. The van der Waals surface area contributed by atoms with Crippen LogP contribution in [0, 0.1) is 0 Å². The zero-order valence-corrected chi connectivity index (χ0v) is 23.2. The predicted molar refractivity (Wildman–Crippen MR) is 157 cm³/mol. The predicted octanol–water partition coefficient (Wildman–Crippen LogP) is 5.75. The zero-order valence-electron chi connectivity index (χ0n) is 23.2. The van der Waals surface area contributed by atoms with Crippen LogP contribution in [0.1, 0.15) is 40.7 Å². The molecule has 0 radical (unpaired) electrons. The van der Waals surface area contributed by atoms with Crippen molar-refractivity contribution in [2.45, 2.75) is 32.0 Å². The van der Waals surface area contributed by atoms with Gasteiger partial charge in [0.05, 0.1) is 18.3 Å². The molecule has 12 heteroatoms. The Morgan fingerprint density at radius 1 is 0.930 bits per heavy atom. The van der Waals surface area contributed by atoms with Crippen LogP contribution < -0.4 is 10.6 Å². The largest absolute Gasteiger partial charge is 0.416 e. The molecule has 2 aromatic heterocycles. The van der Waals surface area contributed by atoms with E-state index in [1.165, 1.54) is 55.7 Å². The van der Waals surface area contributed by atoms with E-state index in [9.17, 15) is 22.8 Å². The van der Waals surface area contributed by atoms with Gasteiger partial charge < -0.3 is 15.5 Å². The third-order valence-electron chi connectivity index (χ3n) is 6.97. The van der Waals surface area contributed by atoms with Gasteiger partial charge in [0.25, 0.3) is 5.91 Å². The molecular formula is C31H30F3N7O2. The van der Waals surface area contributed by atoms with Gasteiger partial charge in [-0.25, -0.2) is 4.98 Å². The lowest BCUT2D eigenvalue weighted by Crippen LogP contribution is -2.32. The molecule has 1 saturated heterocycles. The van der Waals surface area contributed by atoms with Gasteiger partial charge in [0.1, 0.15) is 11.5 Å². The molecule has 2 amide bonds. The Morgan fingerprint density at radius 2 is 1.74 bits per heavy atom. The number of likely N-dealkylation sites (tertiary alicyclic amines) is 1. The Labute approximate surface area is 246 Å². The monoisotopic (exact) mass is 589 g/mol. The summed E-state index contributed by atoms with van der Waals surface area (Å²) in [6, 6.07) is 14.2. The van der Waals surface area contributed by atoms with Gasteiger partial charge in [0.2, 0.25) is 5.91 Å². The molecule has 0 aliphatic carbocycles. The van der Waals surface area contributed by atoms with Gasteiger partial charge in [-0.3, -0.25) is 14.3 Å². The van der Waals surface area contributed by atoms with Crippen LogP contribution in [0.25, 0.3) is 17.3 Å². The summed E-state index contributed by atoms with van der Waals surface area (Å²) < 4.78 is 40.7. The number of nitrogens with zero attached hydrogens (tertiary/aromatic N) is 5. The second-order valence-corrected chi connectivity index (χ2v) is 10.2. The maximum absolute atomic E-state index is 13.0. The number of nitrogens with one attached hydrogen (secondary N) is 2. The van der Waals surface area contributed by atoms with Crippen molar-refractivity contribution in [3.63, 3.8) is 0 Å². The number of hydrogen-bond donors (Lipinski definition) is 2. The molecule has 1 aliphatic heterocycles. The first-order chi connectivity index (χ1) is 20.7. The lowest BCUT2D eigenvalue weighted by molar-refractivity contribution is -0.137. The van der Waals surface area contributed by atoms with E-state index in [1.807, 2.05) is 10.9 Å². The number of piperidine rings is 1. The smallest absolute Gasteiger partial charge is 0.322 e. The topological polar surface area (TPSA) is 105 Å². The van der Waals surface area contributed by atoms with Crippen molar-refractivity contribution in [2.75, 3.05) is 30.3 Å². The highest BCUT2D eigenvalue weighted by atomic mass is 19.4. The lowest BCUT2D eigenvalue weighted by atomic mass is 10.1. The Hall–Kier alpha value is -4.84.